The molecule has 0 unspecified atom stereocenters. The van der Waals surface area contributed by atoms with Crippen LogP contribution in [0.25, 0.3) is 0 Å². The molecule has 0 aromatic carbocycles. The molecule has 3 nitrogen and oxygen atoms in total. The first-order valence-electron chi connectivity index (χ1n) is 3.11. The lowest BCUT2D eigenvalue weighted by Crippen LogP contribution is -1.98. The molecular weight excluding hydrogens is 299 g/mol. The van der Waals surface area contributed by atoms with Crippen LogP contribution in [0.4, 0.5) is 0 Å². The number of halogens is 2. The fraction of sp³-hybridized carbons (Fsp3) is 1.00. The highest BCUT2D eigenvalue weighted by Gasteiger charge is 2.15. The monoisotopic (exact) mass is 308 g/mol. The van der Waals surface area contributed by atoms with Gasteiger partial charge in [-0.1, -0.05) is 31.9 Å². The molecule has 0 fully saturated rings. The molecular formula is C5H11Br2O3P. The van der Waals surface area contributed by atoms with Gasteiger partial charge in [-0.25, -0.2) is 0 Å². The van der Waals surface area contributed by atoms with Crippen molar-refractivity contribution < 1.29 is 13.6 Å². The van der Waals surface area contributed by atoms with Gasteiger partial charge in [0.15, 0.2) is 0 Å². The minimum absolute atomic E-state index is 0.413. The summed E-state index contributed by atoms with van der Waals surface area (Å²) in [4.78, 5) is 0. The predicted octanol–water partition coefficient (Wildman–Crippen LogP) is 2.63. The summed E-state index contributed by atoms with van der Waals surface area (Å²) in [5, 5.41) is 1.34. The van der Waals surface area contributed by atoms with Gasteiger partial charge in [0, 0.05) is 17.3 Å². The minimum atomic E-state index is -2.79. The molecule has 0 bridgehead atoms. The predicted molar refractivity (Wildman–Crippen MR) is 53.0 cm³/mol. The summed E-state index contributed by atoms with van der Waals surface area (Å²) in [6.45, 7) is 2.30. The second kappa shape index (κ2) is 6.61. The number of rotatable bonds is 6. The quantitative estimate of drug-likeness (QED) is 0.559. The first-order chi connectivity index (χ1) is 5.12. The molecule has 0 saturated carbocycles. The molecule has 6 heteroatoms. The van der Waals surface area contributed by atoms with E-state index in [1.807, 2.05) is 0 Å². The lowest BCUT2D eigenvalue weighted by atomic mass is 10.9. The molecule has 11 heavy (non-hydrogen) atoms. The van der Waals surface area contributed by atoms with Crippen LogP contribution >= 0.6 is 39.5 Å². The summed E-state index contributed by atoms with van der Waals surface area (Å²) in [6.07, 6.45) is 0. The van der Waals surface area contributed by atoms with E-state index in [1.54, 1.807) is 0 Å². The Balaban J connectivity index is 3.53. The average Bonchev–Trinajstić information content (AvgIpc) is 1.97. The van der Waals surface area contributed by atoms with Gasteiger partial charge in [0.1, 0.15) is 0 Å². The van der Waals surface area contributed by atoms with Crippen molar-refractivity contribution in [3.8, 4) is 0 Å². The second-order valence-corrected chi connectivity index (χ2v) is 5.46. The molecule has 0 amide bonds. The van der Waals surface area contributed by atoms with Crippen LogP contribution < -0.4 is 0 Å². The van der Waals surface area contributed by atoms with Crippen molar-refractivity contribution in [3.63, 3.8) is 0 Å². The van der Waals surface area contributed by atoms with Crippen LogP contribution in [-0.4, -0.2) is 30.5 Å². The van der Waals surface area contributed by atoms with Crippen molar-refractivity contribution >= 4 is 39.5 Å². The molecule has 0 atom stereocenters. The average molecular weight is 310 g/mol. The number of hydrogen-bond donors (Lipinski definition) is 0. The van der Waals surface area contributed by atoms with E-state index in [1.165, 1.54) is 6.66 Å². The van der Waals surface area contributed by atoms with Gasteiger partial charge < -0.3 is 9.05 Å². The zero-order valence-electron chi connectivity index (χ0n) is 6.26. The molecule has 0 radical (unpaired) electrons. The lowest BCUT2D eigenvalue weighted by molar-refractivity contribution is 0.229. The van der Waals surface area contributed by atoms with E-state index in [4.69, 9.17) is 9.05 Å². The van der Waals surface area contributed by atoms with E-state index in [0.29, 0.717) is 23.9 Å². The van der Waals surface area contributed by atoms with Crippen LogP contribution in [0.2, 0.25) is 0 Å². The van der Waals surface area contributed by atoms with Gasteiger partial charge >= 0.3 is 7.60 Å². The molecule has 0 aromatic heterocycles. The van der Waals surface area contributed by atoms with E-state index >= 15 is 0 Å². The summed E-state index contributed by atoms with van der Waals surface area (Å²) in [6, 6.07) is 0. The van der Waals surface area contributed by atoms with Gasteiger partial charge in [0.2, 0.25) is 0 Å². The summed E-state index contributed by atoms with van der Waals surface area (Å²) in [7, 11) is -2.79. The summed E-state index contributed by atoms with van der Waals surface area (Å²) >= 11 is 6.32. The highest BCUT2D eigenvalue weighted by Crippen LogP contribution is 2.43. The third-order valence-corrected chi connectivity index (χ3v) is 2.76. The van der Waals surface area contributed by atoms with Crippen molar-refractivity contribution in [3.05, 3.63) is 0 Å². The van der Waals surface area contributed by atoms with E-state index in [2.05, 4.69) is 31.9 Å². The topological polar surface area (TPSA) is 35.5 Å². The third-order valence-electron chi connectivity index (χ3n) is 0.806. The molecule has 0 saturated heterocycles. The van der Waals surface area contributed by atoms with E-state index in [0.717, 1.165) is 0 Å². The van der Waals surface area contributed by atoms with Gasteiger partial charge in [0.05, 0.1) is 13.2 Å². The first-order valence-corrected chi connectivity index (χ1v) is 7.34. The van der Waals surface area contributed by atoms with Gasteiger partial charge in [-0.15, -0.1) is 0 Å². The Morgan fingerprint density at radius 1 is 1.18 bits per heavy atom. The summed E-state index contributed by atoms with van der Waals surface area (Å²) < 4.78 is 21.1. The van der Waals surface area contributed by atoms with Crippen molar-refractivity contribution in [2.24, 2.45) is 0 Å². The van der Waals surface area contributed by atoms with Crippen LogP contribution in [-0.2, 0) is 13.6 Å². The van der Waals surface area contributed by atoms with Crippen LogP contribution in [0.1, 0.15) is 0 Å². The molecule has 0 aliphatic rings. The van der Waals surface area contributed by atoms with Gasteiger partial charge in [-0.2, -0.15) is 0 Å². The van der Waals surface area contributed by atoms with E-state index in [9.17, 15) is 4.57 Å². The molecule has 0 spiro atoms. The van der Waals surface area contributed by atoms with Gasteiger partial charge in [-0.05, 0) is 0 Å². The number of hydrogen-bond acceptors (Lipinski definition) is 3. The Kier molecular flexibility index (Phi) is 7.27. The van der Waals surface area contributed by atoms with Crippen LogP contribution in [0.5, 0.6) is 0 Å². The minimum Gasteiger partial charge on any atom is -0.308 e. The van der Waals surface area contributed by atoms with Crippen LogP contribution in [0.3, 0.4) is 0 Å². The maximum atomic E-state index is 11.2. The maximum absolute atomic E-state index is 11.2. The zero-order valence-corrected chi connectivity index (χ0v) is 10.3. The third kappa shape index (κ3) is 7.47. The van der Waals surface area contributed by atoms with Crippen LogP contribution in [0.15, 0.2) is 0 Å². The Bertz CT molecular complexity index is 130. The lowest BCUT2D eigenvalue weighted by Gasteiger charge is -2.11. The summed E-state index contributed by atoms with van der Waals surface area (Å²) in [5.74, 6) is 0. The number of alkyl halides is 2. The van der Waals surface area contributed by atoms with Crippen molar-refractivity contribution in [2.75, 3.05) is 30.5 Å². The van der Waals surface area contributed by atoms with Crippen LogP contribution in [0, 0.1) is 0 Å². The maximum Gasteiger partial charge on any atom is 0.327 e. The van der Waals surface area contributed by atoms with Crippen molar-refractivity contribution in [1.29, 1.82) is 0 Å². The highest BCUT2D eigenvalue weighted by molar-refractivity contribution is 9.09. The van der Waals surface area contributed by atoms with Crippen molar-refractivity contribution in [2.45, 2.75) is 0 Å². The Hall–Kier alpha value is 1.11. The van der Waals surface area contributed by atoms with Crippen molar-refractivity contribution in [1.82, 2.24) is 0 Å². The first kappa shape index (κ1) is 12.1. The highest BCUT2D eigenvalue weighted by atomic mass is 79.9. The Morgan fingerprint density at radius 3 is 1.82 bits per heavy atom. The molecule has 0 rings (SSSR count). The summed E-state index contributed by atoms with van der Waals surface area (Å²) in [5.41, 5.74) is 0. The molecule has 0 aliphatic heterocycles. The Morgan fingerprint density at radius 2 is 1.55 bits per heavy atom. The largest absolute Gasteiger partial charge is 0.327 e. The zero-order chi connectivity index (χ0) is 8.74. The van der Waals surface area contributed by atoms with E-state index < -0.39 is 7.60 Å². The molecule has 0 N–H and O–H groups in total. The fourth-order valence-corrected chi connectivity index (χ4v) is 2.18. The van der Waals surface area contributed by atoms with Gasteiger partial charge in [0.25, 0.3) is 0 Å². The normalized spacial score (nSPS) is 11.9. The Labute approximate surface area is 83.6 Å². The standard InChI is InChI=1S/C5H11Br2O3P/c1-11(8,9-4-2-6)10-5-3-7/h2-5H2,1H3. The molecule has 68 valence electrons. The van der Waals surface area contributed by atoms with Gasteiger partial charge in [-0.3, -0.25) is 4.57 Å². The SMILES string of the molecule is CP(=O)(OCCBr)OCCBr. The molecule has 0 aliphatic carbocycles. The molecule has 0 heterocycles. The van der Waals surface area contributed by atoms with E-state index in [-0.39, 0.29) is 0 Å². The fourth-order valence-electron chi connectivity index (χ4n) is 0.438. The smallest absolute Gasteiger partial charge is 0.308 e. The molecule has 0 aromatic rings. The second-order valence-electron chi connectivity index (χ2n) is 1.82.